The van der Waals surface area contributed by atoms with Gasteiger partial charge in [-0.15, -0.1) is 0 Å². The van der Waals surface area contributed by atoms with Crippen LogP contribution in [0.4, 0.5) is 11.4 Å². The average molecular weight is 443 g/mol. The van der Waals surface area contributed by atoms with Crippen LogP contribution in [-0.2, 0) is 9.84 Å². The van der Waals surface area contributed by atoms with Gasteiger partial charge in [0.2, 0.25) is 0 Å². The zero-order valence-electron chi connectivity index (χ0n) is 14.2. The summed E-state index contributed by atoms with van der Waals surface area (Å²) in [7, 11) is -3.56. The van der Waals surface area contributed by atoms with Gasteiger partial charge in [-0.2, -0.15) is 0 Å². The molecule has 0 saturated heterocycles. The SMILES string of the molecule is C[C@H](CO)[C@@H](Nc1ccc(S(C)(=O)=O)cc1[N+](=O)[O-])c1ccc(Br)cc1. The number of benzene rings is 2. The fraction of sp³-hybridized carbons (Fsp3) is 0.294. The lowest BCUT2D eigenvalue weighted by molar-refractivity contribution is -0.384. The standard InChI is InChI=1S/C17H19BrN2O5S/c1-11(10-21)17(12-3-5-13(18)6-4-12)19-15-8-7-14(26(2,24)25)9-16(15)20(22)23/h3-9,11,17,19,21H,10H2,1-2H3/t11-,17-/m1/s1. The summed E-state index contributed by atoms with van der Waals surface area (Å²) < 4.78 is 24.2. The van der Waals surface area contributed by atoms with E-state index in [1.807, 2.05) is 31.2 Å². The Morgan fingerprint density at radius 3 is 2.35 bits per heavy atom. The van der Waals surface area contributed by atoms with Crippen molar-refractivity contribution in [3.8, 4) is 0 Å². The van der Waals surface area contributed by atoms with Crippen LogP contribution in [0.25, 0.3) is 0 Å². The van der Waals surface area contributed by atoms with Crippen LogP contribution in [0.1, 0.15) is 18.5 Å². The number of aliphatic hydroxyl groups is 1. The molecule has 2 rings (SSSR count). The zero-order valence-corrected chi connectivity index (χ0v) is 16.6. The molecule has 0 aliphatic rings. The Balaban J connectivity index is 2.47. The molecule has 0 saturated carbocycles. The number of anilines is 1. The van der Waals surface area contributed by atoms with Gasteiger partial charge in [0, 0.05) is 29.3 Å². The van der Waals surface area contributed by atoms with E-state index < -0.39 is 20.8 Å². The lowest BCUT2D eigenvalue weighted by Crippen LogP contribution is -2.22. The van der Waals surface area contributed by atoms with Gasteiger partial charge in [-0.05, 0) is 29.8 Å². The molecule has 9 heteroatoms. The second-order valence-electron chi connectivity index (χ2n) is 6.04. The van der Waals surface area contributed by atoms with Gasteiger partial charge in [-0.25, -0.2) is 8.42 Å². The summed E-state index contributed by atoms with van der Waals surface area (Å²) in [5, 5.41) is 24.1. The molecule has 0 unspecified atom stereocenters. The van der Waals surface area contributed by atoms with Crippen LogP contribution in [-0.4, -0.2) is 31.3 Å². The van der Waals surface area contributed by atoms with E-state index in [2.05, 4.69) is 21.2 Å². The van der Waals surface area contributed by atoms with E-state index in [1.165, 1.54) is 12.1 Å². The summed E-state index contributed by atoms with van der Waals surface area (Å²) >= 11 is 3.36. The lowest BCUT2D eigenvalue weighted by Gasteiger charge is -2.25. The lowest BCUT2D eigenvalue weighted by atomic mass is 9.94. The third-order valence-corrected chi connectivity index (χ3v) is 5.63. The highest BCUT2D eigenvalue weighted by atomic mass is 79.9. The first kappa shape index (κ1) is 20.3. The van der Waals surface area contributed by atoms with Crippen LogP contribution < -0.4 is 5.32 Å². The van der Waals surface area contributed by atoms with E-state index in [9.17, 15) is 23.6 Å². The molecule has 0 aromatic heterocycles. The monoisotopic (exact) mass is 442 g/mol. The molecule has 0 spiro atoms. The number of aliphatic hydroxyl groups excluding tert-OH is 1. The summed E-state index contributed by atoms with van der Waals surface area (Å²) in [5.41, 5.74) is 0.701. The van der Waals surface area contributed by atoms with Crippen molar-refractivity contribution in [2.75, 3.05) is 18.2 Å². The Morgan fingerprint density at radius 2 is 1.85 bits per heavy atom. The maximum atomic E-state index is 11.7. The largest absolute Gasteiger partial charge is 0.396 e. The number of hydrogen-bond acceptors (Lipinski definition) is 6. The predicted molar refractivity (Wildman–Crippen MR) is 103 cm³/mol. The Morgan fingerprint density at radius 1 is 1.23 bits per heavy atom. The number of nitrogens with one attached hydrogen (secondary N) is 1. The third-order valence-electron chi connectivity index (χ3n) is 3.99. The van der Waals surface area contributed by atoms with Crippen molar-refractivity contribution in [3.05, 3.63) is 62.6 Å². The fourth-order valence-electron chi connectivity index (χ4n) is 2.51. The summed E-state index contributed by atoms with van der Waals surface area (Å²) in [6.07, 6.45) is 0.998. The van der Waals surface area contributed by atoms with Crippen molar-refractivity contribution in [1.82, 2.24) is 0 Å². The topological polar surface area (TPSA) is 110 Å². The molecular weight excluding hydrogens is 424 g/mol. The molecular formula is C17H19BrN2O5S. The first-order valence-corrected chi connectivity index (χ1v) is 10.4. The first-order valence-electron chi connectivity index (χ1n) is 7.75. The van der Waals surface area contributed by atoms with Gasteiger partial charge in [0.05, 0.1) is 15.9 Å². The zero-order chi connectivity index (χ0) is 19.5. The van der Waals surface area contributed by atoms with E-state index >= 15 is 0 Å². The third kappa shape index (κ3) is 4.80. The molecule has 0 heterocycles. The number of sulfone groups is 1. The Bertz CT molecular complexity index is 900. The number of nitro benzene ring substituents is 1. The van der Waals surface area contributed by atoms with Crippen molar-refractivity contribution in [2.24, 2.45) is 5.92 Å². The highest BCUT2D eigenvalue weighted by molar-refractivity contribution is 9.10. The van der Waals surface area contributed by atoms with Crippen molar-refractivity contribution < 1.29 is 18.4 Å². The van der Waals surface area contributed by atoms with Crippen LogP contribution in [0.15, 0.2) is 51.8 Å². The normalized spacial score (nSPS) is 13.8. The molecule has 0 radical (unpaired) electrons. The Labute approximate surface area is 160 Å². The van der Waals surface area contributed by atoms with Crippen LogP contribution >= 0.6 is 15.9 Å². The van der Waals surface area contributed by atoms with Gasteiger partial charge in [-0.3, -0.25) is 10.1 Å². The average Bonchev–Trinajstić information content (AvgIpc) is 2.59. The summed E-state index contributed by atoms with van der Waals surface area (Å²) in [4.78, 5) is 10.7. The Kier molecular flexibility index (Phi) is 6.38. The second kappa shape index (κ2) is 8.15. The van der Waals surface area contributed by atoms with Crippen LogP contribution in [0.3, 0.4) is 0 Å². The first-order chi connectivity index (χ1) is 12.1. The molecule has 2 aromatic carbocycles. The highest BCUT2D eigenvalue weighted by Crippen LogP contribution is 2.33. The molecule has 0 fully saturated rings. The molecule has 2 aromatic rings. The molecule has 26 heavy (non-hydrogen) atoms. The fourth-order valence-corrected chi connectivity index (χ4v) is 3.42. The van der Waals surface area contributed by atoms with Crippen molar-refractivity contribution >= 4 is 37.1 Å². The van der Waals surface area contributed by atoms with Gasteiger partial charge in [0.1, 0.15) is 5.69 Å². The predicted octanol–water partition coefficient (Wildman–Crippen LogP) is 3.54. The van der Waals surface area contributed by atoms with Crippen molar-refractivity contribution in [3.63, 3.8) is 0 Å². The summed E-state index contributed by atoms with van der Waals surface area (Å²) in [5.74, 6) is -0.231. The quantitative estimate of drug-likeness (QED) is 0.501. The number of halogens is 1. The van der Waals surface area contributed by atoms with Crippen molar-refractivity contribution in [2.45, 2.75) is 17.9 Å². The van der Waals surface area contributed by atoms with E-state index in [0.717, 1.165) is 22.4 Å². The van der Waals surface area contributed by atoms with E-state index in [0.29, 0.717) is 0 Å². The summed E-state index contributed by atoms with van der Waals surface area (Å²) in [6.45, 7) is 1.69. The van der Waals surface area contributed by atoms with Gasteiger partial charge in [-0.1, -0.05) is 35.0 Å². The Hall–Kier alpha value is -1.97. The number of hydrogen-bond donors (Lipinski definition) is 2. The molecule has 0 bridgehead atoms. The van der Waals surface area contributed by atoms with Crippen LogP contribution in [0.5, 0.6) is 0 Å². The second-order valence-corrected chi connectivity index (χ2v) is 8.97. The molecule has 0 aliphatic carbocycles. The number of rotatable bonds is 7. The molecule has 2 atom stereocenters. The molecule has 7 nitrogen and oxygen atoms in total. The van der Waals surface area contributed by atoms with Gasteiger partial charge >= 0.3 is 0 Å². The van der Waals surface area contributed by atoms with Gasteiger partial charge in [0.15, 0.2) is 9.84 Å². The smallest absolute Gasteiger partial charge is 0.293 e. The number of nitrogens with zero attached hydrogens (tertiary/aromatic N) is 1. The minimum Gasteiger partial charge on any atom is -0.396 e. The van der Waals surface area contributed by atoms with E-state index in [1.54, 1.807) is 0 Å². The minimum absolute atomic E-state index is 0.120. The molecule has 0 amide bonds. The highest BCUT2D eigenvalue weighted by Gasteiger charge is 2.24. The van der Waals surface area contributed by atoms with E-state index in [4.69, 9.17) is 0 Å². The van der Waals surface area contributed by atoms with Crippen molar-refractivity contribution in [1.29, 1.82) is 0 Å². The van der Waals surface area contributed by atoms with Gasteiger partial charge < -0.3 is 10.4 Å². The summed E-state index contributed by atoms with van der Waals surface area (Å²) in [6, 6.07) is 10.7. The molecule has 2 N–H and O–H groups in total. The molecule has 0 aliphatic heterocycles. The van der Waals surface area contributed by atoms with Gasteiger partial charge in [0.25, 0.3) is 5.69 Å². The maximum Gasteiger partial charge on any atom is 0.293 e. The van der Waals surface area contributed by atoms with E-state index in [-0.39, 0.29) is 28.8 Å². The number of nitro groups is 1. The van der Waals surface area contributed by atoms with Crippen LogP contribution in [0, 0.1) is 16.0 Å². The van der Waals surface area contributed by atoms with Crippen LogP contribution in [0.2, 0.25) is 0 Å². The minimum atomic E-state index is -3.56. The molecule has 140 valence electrons. The maximum absolute atomic E-state index is 11.7.